The molecule has 0 saturated heterocycles. The number of rotatable bonds is 4. The van der Waals surface area contributed by atoms with Crippen molar-refractivity contribution in [2.24, 2.45) is 5.92 Å². The molecule has 62 valence electrons. The first kappa shape index (κ1) is 9.84. The summed E-state index contributed by atoms with van der Waals surface area (Å²) in [6.45, 7) is 0.941. The molecule has 0 heterocycles. The van der Waals surface area contributed by atoms with Gasteiger partial charge in [0, 0.05) is 5.92 Å². The molecule has 0 fully saturated rings. The SMILES string of the molecule is CC(CF)COS(C)(=O)=O. The van der Waals surface area contributed by atoms with Gasteiger partial charge in [-0.15, -0.1) is 0 Å². The van der Waals surface area contributed by atoms with E-state index in [1.165, 1.54) is 0 Å². The van der Waals surface area contributed by atoms with Crippen molar-refractivity contribution in [1.29, 1.82) is 0 Å². The molecule has 1 unspecified atom stereocenters. The second-order valence-electron chi connectivity index (χ2n) is 2.25. The molecular formula is C5H11FO3S. The average Bonchev–Trinajstić information content (AvgIpc) is 1.81. The van der Waals surface area contributed by atoms with Crippen LogP contribution in [0.4, 0.5) is 4.39 Å². The van der Waals surface area contributed by atoms with E-state index in [1.54, 1.807) is 6.92 Å². The van der Waals surface area contributed by atoms with Gasteiger partial charge in [0.25, 0.3) is 10.1 Å². The molecule has 1 atom stereocenters. The third kappa shape index (κ3) is 5.97. The average molecular weight is 170 g/mol. The zero-order chi connectivity index (χ0) is 8.20. The van der Waals surface area contributed by atoms with Gasteiger partial charge in [0.15, 0.2) is 0 Å². The number of alkyl halides is 1. The Morgan fingerprint density at radius 3 is 2.40 bits per heavy atom. The number of hydrogen-bond donors (Lipinski definition) is 0. The summed E-state index contributed by atoms with van der Waals surface area (Å²) in [6.07, 6.45) is 0.942. The Morgan fingerprint density at radius 1 is 1.60 bits per heavy atom. The van der Waals surface area contributed by atoms with Gasteiger partial charge in [-0.05, 0) is 0 Å². The highest BCUT2D eigenvalue weighted by atomic mass is 32.2. The molecule has 0 aromatic rings. The summed E-state index contributed by atoms with van der Waals surface area (Å²) in [7, 11) is -3.40. The molecule has 0 radical (unpaired) electrons. The van der Waals surface area contributed by atoms with E-state index in [4.69, 9.17) is 0 Å². The summed E-state index contributed by atoms with van der Waals surface area (Å²) in [4.78, 5) is 0. The maximum atomic E-state index is 11.7. The van der Waals surface area contributed by atoms with E-state index in [0.29, 0.717) is 0 Å². The normalized spacial score (nSPS) is 15.1. The van der Waals surface area contributed by atoms with Crippen LogP contribution in [0.2, 0.25) is 0 Å². The molecule has 0 spiro atoms. The van der Waals surface area contributed by atoms with Crippen molar-refractivity contribution in [2.75, 3.05) is 19.5 Å². The maximum Gasteiger partial charge on any atom is 0.264 e. The monoisotopic (exact) mass is 170 g/mol. The van der Waals surface area contributed by atoms with E-state index in [9.17, 15) is 12.8 Å². The second kappa shape index (κ2) is 3.88. The zero-order valence-electron chi connectivity index (χ0n) is 6.00. The zero-order valence-corrected chi connectivity index (χ0v) is 6.82. The molecule has 0 N–H and O–H groups in total. The summed E-state index contributed by atoms with van der Waals surface area (Å²) < 4.78 is 36.6. The van der Waals surface area contributed by atoms with Crippen molar-refractivity contribution in [1.82, 2.24) is 0 Å². The third-order valence-corrected chi connectivity index (χ3v) is 1.39. The second-order valence-corrected chi connectivity index (χ2v) is 3.89. The van der Waals surface area contributed by atoms with E-state index in [1.807, 2.05) is 0 Å². The van der Waals surface area contributed by atoms with Gasteiger partial charge in [-0.25, -0.2) is 0 Å². The first-order chi connectivity index (χ1) is 4.45. The van der Waals surface area contributed by atoms with Crippen molar-refractivity contribution >= 4 is 10.1 Å². The molecule has 0 bridgehead atoms. The molecule has 0 aliphatic carbocycles. The number of hydrogen-bond acceptors (Lipinski definition) is 3. The van der Waals surface area contributed by atoms with Gasteiger partial charge < -0.3 is 0 Å². The Morgan fingerprint density at radius 2 is 2.10 bits per heavy atom. The van der Waals surface area contributed by atoms with Crippen molar-refractivity contribution in [3.8, 4) is 0 Å². The molecule has 0 rings (SSSR count). The van der Waals surface area contributed by atoms with E-state index in [0.717, 1.165) is 6.26 Å². The van der Waals surface area contributed by atoms with Crippen LogP contribution in [0, 0.1) is 5.92 Å². The minimum atomic E-state index is -3.40. The smallest absolute Gasteiger partial charge is 0.264 e. The molecule has 0 amide bonds. The van der Waals surface area contributed by atoms with Crippen LogP contribution >= 0.6 is 0 Å². The Hall–Kier alpha value is -0.160. The Labute approximate surface area is 60.3 Å². The van der Waals surface area contributed by atoms with Gasteiger partial charge in [-0.1, -0.05) is 6.92 Å². The van der Waals surface area contributed by atoms with E-state index in [-0.39, 0.29) is 12.5 Å². The van der Waals surface area contributed by atoms with Gasteiger partial charge in [0.1, 0.15) is 0 Å². The van der Waals surface area contributed by atoms with E-state index < -0.39 is 16.8 Å². The quantitative estimate of drug-likeness (QED) is 0.579. The summed E-state index contributed by atoms with van der Waals surface area (Å²) >= 11 is 0. The van der Waals surface area contributed by atoms with Crippen LogP contribution in [0.3, 0.4) is 0 Å². The Kier molecular flexibility index (Phi) is 3.81. The van der Waals surface area contributed by atoms with Crippen LogP contribution in [0.5, 0.6) is 0 Å². The van der Waals surface area contributed by atoms with Crippen LogP contribution in [0.1, 0.15) is 6.92 Å². The molecule has 0 aromatic carbocycles. The summed E-state index contributed by atoms with van der Waals surface area (Å²) in [5.41, 5.74) is 0. The summed E-state index contributed by atoms with van der Waals surface area (Å²) in [5, 5.41) is 0. The third-order valence-electron chi connectivity index (χ3n) is 0.830. The van der Waals surface area contributed by atoms with Crippen LogP contribution < -0.4 is 0 Å². The van der Waals surface area contributed by atoms with Crippen molar-refractivity contribution in [3.05, 3.63) is 0 Å². The van der Waals surface area contributed by atoms with E-state index >= 15 is 0 Å². The Balaban J connectivity index is 3.56. The molecule has 10 heavy (non-hydrogen) atoms. The number of halogens is 1. The molecule has 0 saturated carbocycles. The van der Waals surface area contributed by atoms with Gasteiger partial charge in [-0.2, -0.15) is 8.42 Å². The molecule has 5 heteroatoms. The van der Waals surface area contributed by atoms with Crippen molar-refractivity contribution in [3.63, 3.8) is 0 Å². The van der Waals surface area contributed by atoms with Gasteiger partial charge >= 0.3 is 0 Å². The van der Waals surface area contributed by atoms with Crippen LogP contribution in [0.15, 0.2) is 0 Å². The molecule has 0 aromatic heterocycles. The first-order valence-electron chi connectivity index (χ1n) is 2.86. The highest BCUT2D eigenvalue weighted by Gasteiger charge is 2.06. The minimum absolute atomic E-state index is 0.0741. The van der Waals surface area contributed by atoms with Crippen LogP contribution in [-0.2, 0) is 14.3 Å². The lowest BCUT2D eigenvalue weighted by Crippen LogP contribution is -2.12. The van der Waals surface area contributed by atoms with Gasteiger partial charge in [-0.3, -0.25) is 8.57 Å². The van der Waals surface area contributed by atoms with Gasteiger partial charge in [0.2, 0.25) is 0 Å². The standard InChI is InChI=1S/C5H11FO3S/c1-5(3-6)4-9-10(2,7)8/h5H,3-4H2,1-2H3. The van der Waals surface area contributed by atoms with Crippen molar-refractivity contribution < 1.29 is 17.0 Å². The largest absolute Gasteiger partial charge is 0.270 e. The topological polar surface area (TPSA) is 43.4 Å². The molecular weight excluding hydrogens is 159 g/mol. The first-order valence-corrected chi connectivity index (χ1v) is 4.67. The highest BCUT2D eigenvalue weighted by Crippen LogP contribution is 1.98. The fraction of sp³-hybridized carbons (Fsp3) is 1.00. The lowest BCUT2D eigenvalue weighted by Gasteiger charge is -2.04. The summed E-state index contributed by atoms with van der Waals surface area (Å²) in [5.74, 6) is -0.352. The lowest BCUT2D eigenvalue weighted by molar-refractivity contribution is 0.236. The predicted molar refractivity (Wildman–Crippen MR) is 35.9 cm³/mol. The highest BCUT2D eigenvalue weighted by molar-refractivity contribution is 7.85. The fourth-order valence-electron chi connectivity index (χ4n) is 0.284. The van der Waals surface area contributed by atoms with Gasteiger partial charge in [0.05, 0.1) is 19.5 Å². The molecule has 3 nitrogen and oxygen atoms in total. The molecule has 0 aliphatic heterocycles. The lowest BCUT2D eigenvalue weighted by atomic mass is 10.2. The maximum absolute atomic E-state index is 11.7. The molecule has 0 aliphatic rings. The van der Waals surface area contributed by atoms with Crippen molar-refractivity contribution in [2.45, 2.75) is 6.92 Å². The summed E-state index contributed by atoms with van der Waals surface area (Å²) in [6, 6.07) is 0. The van der Waals surface area contributed by atoms with E-state index in [2.05, 4.69) is 4.18 Å². The van der Waals surface area contributed by atoms with Crippen LogP contribution in [0.25, 0.3) is 0 Å². The predicted octanol–water partition coefficient (Wildman–Crippen LogP) is 0.568. The Bertz CT molecular complexity index is 175. The van der Waals surface area contributed by atoms with Crippen LogP contribution in [-0.4, -0.2) is 28.0 Å². The minimum Gasteiger partial charge on any atom is -0.270 e. The fourth-order valence-corrected chi connectivity index (χ4v) is 0.764.